The van der Waals surface area contributed by atoms with E-state index in [1.807, 2.05) is 6.92 Å². The van der Waals surface area contributed by atoms with Crippen LogP contribution in [0, 0.1) is 6.92 Å². The van der Waals surface area contributed by atoms with Crippen LogP contribution in [0.1, 0.15) is 21.7 Å². The molecule has 2 aromatic carbocycles. The Kier molecular flexibility index (Phi) is 8.17. The molecule has 0 saturated heterocycles. The summed E-state index contributed by atoms with van der Waals surface area (Å²) in [5, 5.41) is 7.70. The molecule has 0 radical (unpaired) electrons. The standard InChI is InChI=1S/C23H24N4O6S/c1-16-4-10-19(11-5-16)34(31,32)26-15-22(29)25-14-21(28)24-13-17-6-8-18(9-7-17)27-23(30)20-3-2-12-33-20/h2-12,26H,13-15H2,1H3,(H,24,28)(H,25,29)(H,27,30). The van der Waals surface area contributed by atoms with E-state index in [0.29, 0.717) is 5.69 Å². The van der Waals surface area contributed by atoms with Crippen molar-refractivity contribution in [1.82, 2.24) is 15.4 Å². The highest BCUT2D eigenvalue weighted by Gasteiger charge is 2.15. The van der Waals surface area contributed by atoms with E-state index >= 15 is 0 Å². The molecule has 34 heavy (non-hydrogen) atoms. The predicted molar refractivity (Wildman–Crippen MR) is 124 cm³/mol. The number of rotatable bonds is 10. The molecule has 0 spiro atoms. The summed E-state index contributed by atoms with van der Waals surface area (Å²) >= 11 is 0. The summed E-state index contributed by atoms with van der Waals surface area (Å²) in [6, 6.07) is 16.2. The molecule has 10 nitrogen and oxygen atoms in total. The smallest absolute Gasteiger partial charge is 0.291 e. The number of furan rings is 1. The van der Waals surface area contributed by atoms with E-state index in [1.165, 1.54) is 18.4 Å². The quantitative estimate of drug-likeness (QED) is 0.343. The van der Waals surface area contributed by atoms with Gasteiger partial charge in [0.2, 0.25) is 21.8 Å². The molecule has 0 aliphatic heterocycles. The molecule has 0 unspecified atom stereocenters. The van der Waals surface area contributed by atoms with Gasteiger partial charge >= 0.3 is 0 Å². The van der Waals surface area contributed by atoms with Gasteiger partial charge in [0.1, 0.15) is 0 Å². The first-order valence-corrected chi connectivity index (χ1v) is 11.7. The van der Waals surface area contributed by atoms with Gasteiger partial charge in [-0.2, -0.15) is 0 Å². The number of sulfonamides is 1. The second-order valence-corrected chi connectivity index (χ2v) is 9.09. The fourth-order valence-electron chi connectivity index (χ4n) is 2.77. The maximum absolute atomic E-state index is 12.2. The van der Waals surface area contributed by atoms with Crippen molar-refractivity contribution < 1.29 is 27.2 Å². The number of hydrogen-bond acceptors (Lipinski definition) is 6. The van der Waals surface area contributed by atoms with Crippen LogP contribution in [0.2, 0.25) is 0 Å². The second-order valence-electron chi connectivity index (χ2n) is 7.32. The van der Waals surface area contributed by atoms with Crippen molar-refractivity contribution in [2.45, 2.75) is 18.4 Å². The molecule has 178 valence electrons. The molecule has 0 atom stereocenters. The Labute approximate surface area is 196 Å². The molecule has 3 aromatic rings. The largest absolute Gasteiger partial charge is 0.459 e. The number of nitrogens with one attached hydrogen (secondary N) is 4. The molecule has 1 heterocycles. The molecule has 0 bridgehead atoms. The van der Waals surface area contributed by atoms with Gasteiger partial charge in [-0.3, -0.25) is 14.4 Å². The number of aryl methyl sites for hydroxylation is 1. The highest BCUT2D eigenvalue weighted by molar-refractivity contribution is 7.89. The van der Waals surface area contributed by atoms with Gasteiger partial charge in [-0.25, -0.2) is 13.1 Å². The number of amides is 3. The van der Waals surface area contributed by atoms with Gasteiger partial charge in [0.25, 0.3) is 5.91 Å². The minimum Gasteiger partial charge on any atom is -0.459 e. The summed E-state index contributed by atoms with van der Waals surface area (Å²) in [4.78, 5) is 35.9. The van der Waals surface area contributed by atoms with Gasteiger partial charge < -0.3 is 20.4 Å². The molecular formula is C23H24N4O6S. The van der Waals surface area contributed by atoms with E-state index in [0.717, 1.165) is 11.1 Å². The average molecular weight is 485 g/mol. The van der Waals surface area contributed by atoms with Crippen LogP contribution in [0.15, 0.2) is 76.2 Å². The summed E-state index contributed by atoms with van der Waals surface area (Å²) in [6.45, 7) is 1.25. The Morgan fingerprint density at radius 2 is 1.53 bits per heavy atom. The van der Waals surface area contributed by atoms with Crippen LogP contribution < -0.4 is 20.7 Å². The second kappa shape index (κ2) is 11.3. The van der Waals surface area contributed by atoms with Crippen LogP contribution >= 0.6 is 0 Å². The van der Waals surface area contributed by atoms with Gasteiger partial charge in [-0.1, -0.05) is 29.8 Å². The van der Waals surface area contributed by atoms with Crippen LogP contribution in [-0.4, -0.2) is 39.2 Å². The minimum absolute atomic E-state index is 0.0511. The molecule has 11 heteroatoms. The molecular weight excluding hydrogens is 460 g/mol. The Bertz CT molecular complexity index is 1240. The normalized spacial score (nSPS) is 11.0. The Morgan fingerprint density at radius 1 is 0.853 bits per heavy atom. The third-order valence-electron chi connectivity index (χ3n) is 4.65. The maximum Gasteiger partial charge on any atom is 0.291 e. The average Bonchev–Trinajstić information content (AvgIpc) is 3.37. The summed E-state index contributed by atoms with van der Waals surface area (Å²) in [5.41, 5.74) is 2.26. The number of benzene rings is 2. The van der Waals surface area contributed by atoms with Crippen LogP contribution in [0.3, 0.4) is 0 Å². The van der Waals surface area contributed by atoms with E-state index in [2.05, 4.69) is 20.7 Å². The summed E-state index contributed by atoms with van der Waals surface area (Å²) < 4.78 is 31.6. The van der Waals surface area contributed by atoms with E-state index in [9.17, 15) is 22.8 Å². The van der Waals surface area contributed by atoms with E-state index in [4.69, 9.17) is 4.42 Å². The first-order valence-electron chi connectivity index (χ1n) is 10.3. The Hall–Kier alpha value is -3.96. The van der Waals surface area contributed by atoms with Gasteiger partial charge in [-0.05, 0) is 48.9 Å². The first kappa shape index (κ1) is 24.7. The SMILES string of the molecule is Cc1ccc(S(=O)(=O)NCC(=O)NCC(=O)NCc2ccc(NC(=O)c3ccco3)cc2)cc1. The minimum atomic E-state index is -3.82. The third-order valence-corrected chi connectivity index (χ3v) is 6.06. The van der Waals surface area contributed by atoms with Gasteiger partial charge in [0, 0.05) is 12.2 Å². The van der Waals surface area contributed by atoms with Gasteiger partial charge in [0.15, 0.2) is 5.76 Å². The van der Waals surface area contributed by atoms with Crippen LogP contribution in [-0.2, 0) is 26.2 Å². The number of carbonyl (C=O) groups is 3. The van der Waals surface area contributed by atoms with Gasteiger partial charge in [-0.15, -0.1) is 0 Å². The van der Waals surface area contributed by atoms with E-state index < -0.39 is 28.4 Å². The van der Waals surface area contributed by atoms with Crippen molar-refractivity contribution in [3.8, 4) is 0 Å². The zero-order valence-corrected chi connectivity index (χ0v) is 19.1. The topological polar surface area (TPSA) is 147 Å². The van der Waals surface area contributed by atoms with E-state index in [-0.39, 0.29) is 29.7 Å². The molecule has 3 amide bonds. The van der Waals surface area contributed by atoms with Crippen molar-refractivity contribution in [1.29, 1.82) is 0 Å². The lowest BCUT2D eigenvalue weighted by Crippen LogP contribution is -2.41. The molecule has 4 N–H and O–H groups in total. The first-order chi connectivity index (χ1) is 16.2. The molecule has 0 saturated carbocycles. The number of anilines is 1. The summed E-state index contributed by atoms with van der Waals surface area (Å²) in [5.74, 6) is -1.25. The number of carbonyl (C=O) groups excluding carboxylic acids is 3. The fraction of sp³-hybridized carbons (Fsp3) is 0.174. The maximum atomic E-state index is 12.2. The van der Waals surface area contributed by atoms with E-state index in [1.54, 1.807) is 48.5 Å². The van der Waals surface area contributed by atoms with Crippen LogP contribution in [0.5, 0.6) is 0 Å². The van der Waals surface area contributed by atoms with Crippen molar-refractivity contribution in [3.63, 3.8) is 0 Å². The molecule has 0 aliphatic rings. The van der Waals surface area contributed by atoms with Gasteiger partial charge in [0.05, 0.1) is 24.2 Å². The summed E-state index contributed by atoms with van der Waals surface area (Å²) in [6.07, 6.45) is 1.41. The Balaban J connectivity index is 1.37. The monoisotopic (exact) mass is 484 g/mol. The lowest BCUT2D eigenvalue weighted by Gasteiger charge is -2.09. The van der Waals surface area contributed by atoms with Crippen LogP contribution in [0.25, 0.3) is 0 Å². The third kappa shape index (κ3) is 7.29. The molecule has 1 aromatic heterocycles. The molecule has 0 aliphatic carbocycles. The lowest BCUT2D eigenvalue weighted by molar-refractivity contribution is -0.125. The van der Waals surface area contributed by atoms with Crippen molar-refractivity contribution in [3.05, 3.63) is 83.8 Å². The predicted octanol–water partition coefficient (Wildman–Crippen LogP) is 1.55. The van der Waals surface area contributed by atoms with Crippen molar-refractivity contribution in [2.75, 3.05) is 18.4 Å². The molecule has 0 fully saturated rings. The highest BCUT2D eigenvalue weighted by atomic mass is 32.2. The lowest BCUT2D eigenvalue weighted by atomic mass is 10.2. The Morgan fingerprint density at radius 3 is 2.18 bits per heavy atom. The van der Waals surface area contributed by atoms with Crippen LogP contribution in [0.4, 0.5) is 5.69 Å². The zero-order valence-electron chi connectivity index (χ0n) is 18.3. The molecule has 3 rings (SSSR count). The zero-order chi connectivity index (χ0) is 24.6. The van der Waals surface area contributed by atoms with Crippen molar-refractivity contribution in [2.24, 2.45) is 0 Å². The van der Waals surface area contributed by atoms with Crippen molar-refractivity contribution >= 4 is 33.4 Å². The fourth-order valence-corrected chi connectivity index (χ4v) is 3.75. The highest BCUT2D eigenvalue weighted by Crippen LogP contribution is 2.12. The summed E-state index contributed by atoms with van der Waals surface area (Å²) in [7, 11) is -3.82. The number of hydrogen-bond donors (Lipinski definition) is 4.